The Balaban J connectivity index is 1.58. The molecule has 3 aliphatic rings. The third kappa shape index (κ3) is 6.06. The zero-order chi connectivity index (χ0) is 21.7. The average molecular weight is 452 g/mol. The summed E-state index contributed by atoms with van der Waals surface area (Å²) in [5.41, 5.74) is 0. The second-order valence-electron chi connectivity index (χ2n) is 9.21. The van der Waals surface area contributed by atoms with E-state index in [1.165, 1.54) is 0 Å². The van der Waals surface area contributed by atoms with Crippen molar-refractivity contribution in [3.05, 3.63) is 0 Å². The number of rotatable bonds is 8. The standard InChI is InChI=1S/C22H40F3N3OS/c1-3-18-20(4-2)30-21-7-6-17(22(23,24)25)16-19(21)28(18)9-5-8-26-10-12-27(13-11-26)14-15-29/h17-21,29H,3-16H2,1-2H3. The lowest BCUT2D eigenvalue weighted by Crippen LogP contribution is -2.59. The summed E-state index contributed by atoms with van der Waals surface area (Å²) in [5.74, 6) is -1.13. The highest BCUT2D eigenvalue weighted by molar-refractivity contribution is 8.00. The Labute approximate surface area is 184 Å². The van der Waals surface area contributed by atoms with Crippen molar-refractivity contribution in [3.63, 3.8) is 0 Å². The number of fused-ring (bicyclic) bond motifs is 1. The molecular formula is C22H40F3N3OS. The van der Waals surface area contributed by atoms with Gasteiger partial charge < -0.3 is 10.0 Å². The van der Waals surface area contributed by atoms with Crippen molar-refractivity contribution in [3.8, 4) is 0 Å². The molecule has 8 heteroatoms. The first kappa shape index (κ1) is 24.6. The van der Waals surface area contributed by atoms with Crippen LogP contribution in [0.25, 0.3) is 0 Å². The number of thioether (sulfide) groups is 1. The number of hydrogen-bond acceptors (Lipinski definition) is 5. The van der Waals surface area contributed by atoms with Crippen LogP contribution < -0.4 is 0 Å². The minimum atomic E-state index is -4.06. The number of alkyl halides is 3. The first-order valence-corrected chi connectivity index (χ1v) is 12.8. The van der Waals surface area contributed by atoms with E-state index in [1.807, 2.05) is 11.8 Å². The Morgan fingerprint density at radius 1 is 0.933 bits per heavy atom. The lowest BCUT2D eigenvalue weighted by molar-refractivity contribution is -0.187. The molecule has 2 saturated heterocycles. The Kier molecular flexibility index (Phi) is 9.20. The van der Waals surface area contributed by atoms with Crippen LogP contribution in [0.1, 0.15) is 52.4 Å². The minimum absolute atomic E-state index is 0.0736. The molecule has 2 heterocycles. The van der Waals surface area contributed by atoms with Crippen molar-refractivity contribution in [2.45, 2.75) is 81.1 Å². The van der Waals surface area contributed by atoms with Crippen LogP contribution in [0.3, 0.4) is 0 Å². The Bertz CT molecular complexity index is 516. The van der Waals surface area contributed by atoms with Gasteiger partial charge in [0.25, 0.3) is 0 Å². The molecule has 0 spiro atoms. The van der Waals surface area contributed by atoms with Crippen LogP contribution in [0.15, 0.2) is 0 Å². The van der Waals surface area contributed by atoms with Gasteiger partial charge >= 0.3 is 6.18 Å². The number of aliphatic hydroxyl groups is 1. The van der Waals surface area contributed by atoms with Crippen LogP contribution in [-0.2, 0) is 0 Å². The molecule has 0 aromatic carbocycles. The molecule has 2 aliphatic heterocycles. The summed E-state index contributed by atoms with van der Waals surface area (Å²) >= 11 is 1.99. The van der Waals surface area contributed by atoms with Gasteiger partial charge in [-0.2, -0.15) is 24.9 Å². The zero-order valence-electron chi connectivity index (χ0n) is 18.6. The van der Waals surface area contributed by atoms with Crippen LogP contribution in [-0.4, -0.2) is 101 Å². The lowest BCUT2D eigenvalue weighted by Gasteiger charge is -2.53. The number of piperazine rings is 1. The summed E-state index contributed by atoms with van der Waals surface area (Å²) in [7, 11) is 0. The fraction of sp³-hybridized carbons (Fsp3) is 1.00. The number of nitrogens with zero attached hydrogens (tertiary/aromatic N) is 3. The molecule has 0 amide bonds. The van der Waals surface area contributed by atoms with Crippen LogP contribution in [0.5, 0.6) is 0 Å². The normalized spacial score (nSPS) is 34.8. The van der Waals surface area contributed by atoms with Gasteiger partial charge in [-0.3, -0.25) is 9.80 Å². The van der Waals surface area contributed by atoms with E-state index in [0.29, 0.717) is 29.4 Å². The fourth-order valence-corrected chi connectivity index (χ4v) is 7.64. The maximum absolute atomic E-state index is 13.5. The molecule has 3 rings (SSSR count). The van der Waals surface area contributed by atoms with Crippen molar-refractivity contribution in [2.24, 2.45) is 5.92 Å². The van der Waals surface area contributed by atoms with E-state index < -0.39 is 12.1 Å². The molecule has 0 aromatic rings. The minimum Gasteiger partial charge on any atom is -0.395 e. The average Bonchev–Trinajstić information content (AvgIpc) is 2.73. The Morgan fingerprint density at radius 2 is 1.60 bits per heavy atom. The Morgan fingerprint density at radius 3 is 2.17 bits per heavy atom. The quantitative estimate of drug-likeness (QED) is 0.608. The molecular weight excluding hydrogens is 411 g/mol. The third-order valence-corrected chi connectivity index (χ3v) is 9.34. The first-order chi connectivity index (χ1) is 14.4. The van der Waals surface area contributed by atoms with Crippen LogP contribution in [0.2, 0.25) is 0 Å². The van der Waals surface area contributed by atoms with Gasteiger partial charge in [0, 0.05) is 61.9 Å². The van der Waals surface area contributed by atoms with Crippen molar-refractivity contribution < 1.29 is 18.3 Å². The number of halogens is 3. The molecule has 3 fully saturated rings. The van der Waals surface area contributed by atoms with Gasteiger partial charge in [0.05, 0.1) is 12.5 Å². The Hall–Kier alpha value is -0.0200. The van der Waals surface area contributed by atoms with E-state index in [1.54, 1.807) is 0 Å². The second-order valence-corrected chi connectivity index (χ2v) is 10.7. The smallest absolute Gasteiger partial charge is 0.391 e. The summed E-state index contributed by atoms with van der Waals surface area (Å²) in [6.07, 6.45) is 0.376. The molecule has 0 bridgehead atoms. The predicted molar refractivity (Wildman–Crippen MR) is 118 cm³/mol. The summed E-state index contributed by atoms with van der Waals surface area (Å²) in [6.45, 7) is 11.4. The SMILES string of the molecule is CCC1SC2CCC(C(F)(F)F)CC2N(CCCN2CCN(CCO)CC2)C1CC. The van der Waals surface area contributed by atoms with Gasteiger partial charge in [0.2, 0.25) is 0 Å². The highest BCUT2D eigenvalue weighted by Gasteiger charge is 2.50. The highest BCUT2D eigenvalue weighted by atomic mass is 32.2. The van der Waals surface area contributed by atoms with E-state index in [2.05, 4.69) is 28.5 Å². The van der Waals surface area contributed by atoms with Gasteiger partial charge in [0.1, 0.15) is 0 Å². The first-order valence-electron chi connectivity index (χ1n) is 11.9. The molecule has 30 heavy (non-hydrogen) atoms. The van der Waals surface area contributed by atoms with Crippen molar-refractivity contribution in [1.29, 1.82) is 0 Å². The molecule has 5 atom stereocenters. The fourth-order valence-electron chi connectivity index (χ4n) is 5.75. The molecule has 0 aromatic heterocycles. The van der Waals surface area contributed by atoms with Gasteiger partial charge in [-0.25, -0.2) is 0 Å². The molecule has 1 saturated carbocycles. The topological polar surface area (TPSA) is 30.0 Å². The third-order valence-electron chi connectivity index (χ3n) is 7.44. The van der Waals surface area contributed by atoms with Gasteiger partial charge in [-0.15, -0.1) is 0 Å². The van der Waals surface area contributed by atoms with Crippen LogP contribution in [0, 0.1) is 5.92 Å². The molecule has 4 nitrogen and oxygen atoms in total. The van der Waals surface area contributed by atoms with Gasteiger partial charge in [0.15, 0.2) is 0 Å². The van der Waals surface area contributed by atoms with Crippen molar-refractivity contribution >= 4 is 11.8 Å². The second kappa shape index (κ2) is 11.2. The maximum Gasteiger partial charge on any atom is 0.391 e. The van der Waals surface area contributed by atoms with Gasteiger partial charge in [-0.1, -0.05) is 13.8 Å². The number of aliphatic hydroxyl groups excluding tert-OH is 1. The predicted octanol–water partition coefficient (Wildman–Crippen LogP) is 3.69. The van der Waals surface area contributed by atoms with E-state index >= 15 is 0 Å². The number of β-amino-alcohol motifs (C(OH)–C–C–N with tert-alkyl or cyclic N) is 1. The monoisotopic (exact) mass is 451 g/mol. The van der Waals surface area contributed by atoms with E-state index in [0.717, 1.165) is 65.1 Å². The van der Waals surface area contributed by atoms with Crippen LogP contribution >= 0.6 is 11.8 Å². The van der Waals surface area contributed by atoms with Crippen LogP contribution in [0.4, 0.5) is 13.2 Å². The summed E-state index contributed by atoms with van der Waals surface area (Å²) < 4.78 is 40.4. The molecule has 1 aliphatic carbocycles. The van der Waals surface area contributed by atoms with Crippen molar-refractivity contribution in [1.82, 2.24) is 14.7 Å². The summed E-state index contributed by atoms with van der Waals surface area (Å²) in [4.78, 5) is 7.26. The molecule has 176 valence electrons. The van der Waals surface area contributed by atoms with E-state index in [4.69, 9.17) is 5.11 Å². The van der Waals surface area contributed by atoms with Gasteiger partial charge in [-0.05, 0) is 45.1 Å². The summed E-state index contributed by atoms with van der Waals surface area (Å²) in [5, 5.41) is 9.99. The number of hydrogen-bond donors (Lipinski definition) is 1. The zero-order valence-corrected chi connectivity index (χ0v) is 19.4. The molecule has 1 N–H and O–H groups in total. The van der Waals surface area contributed by atoms with Crippen molar-refractivity contribution in [2.75, 3.05) is 52.4 Å². The lowest BCUT2D eigenvalue weighted by atomic mass is 9.82. The highest BCUT2D eigenvalue weighted by Crippen LogP contribution is 2.48. The molecule has 5 unspecified atom stereocenters. The summed E-state index contributed by atoms with van der Waals surface area (Å²) in [6, 6.07) is 0.471. The van der Waals surface area contributed by atoms with E-state index in [-0.39, 0.29) is 19.1 Å². The maximum atomic E-state index is 13.5. The largest absolute Gasteiger partial charge is 0.395 e. The molecule has 0 radical (unpaired) electrons. The van der Waals surface area contributed by atoms with E-state index in [9.17, 15) is 13.2 Å².